The summed E-state index contributed by atoms with van der Waals surface area (Å²) in [4.78, 5) is 0. The minimum absolute atomic E-state index is 1.15. The maximum atomic E-state index is 2.32. The molecule has 1 aromatic rings. The smallest absolute Gasteiger partial charge is 0.0522 e. The largest absolute Gasteiger partial charge is 0.306 e. The monoisotopic (exact) mass is 162 g/mol. The Balaban J connectivity index is 2.19. The molecule has 0 N–H and O–H groups in total. The summed E-state index contributed by atoms with van der Waals surface area (Å²) in [5.41, 5.74) is 1.30. The maximum absolute atomic E-state index is 2.32. The Morgan fingerprint density at radius 2 is 1.83 bits per heavy atom. The molecule has 0 aliphatic carbocycles. The normalized spacial score (nSPS) is 18.6. The van der Waals surface area contributed by atoms with E-state index >= 15 is 0 Å². The van der Waals surface area contributed by atoms with E-state index in [9.17, 15) is 0 Å². The van der Waals surface area contributed by atoms with Gasteiger partial charge in [-0.3, -0.25) is 0 Å². The van der Waals surface area contributed by atoms with E-state index < -0.39 is 0 Å². The highest BCUT2D eigenvalue weighted by Crippen LogP contribution is 2.19. The molecule has 0 saturated carbocycles. The number of nitrogens with zero attached hydrogens (tertiary/aromatic N) is 2. The van der Waals surface area contributed by atoms with Crippen molar-refractivity contribution in [3.8, 4) is 0 Å². The van der Waals surface area contributed by atoms with E-state index in [4.69, 9.17) is 0 Å². The van der Waals surface area contributed by atoms with Crippen molar-refractivity contribution < 1.29 is 0 Å². The van der Waals surface area contributed by atoms with Crippen LogP contribution in [0.2, 0.25) is 0 Å². The van der Waals surface area contributed by atoms with Crippen LogP contribution in [0.1, 0.15) is 6.42 Å². The molecule has 0 aromatic heterocycles. The zero-order chi connectivity index (χ0) is 8.39. The van der Waals surface area contributed by atoms with Crippen molar-refractivity contribution >= 4 is 5.69 Å². The van der Waals surface area contributed by atoms with Crippen molar-refractivity contribution in [2.45, 2.75) is 6.42 Å². The highest BCUT2D eigenvalue weighted by Gasteiger charge is 2.17. The molecule has 1 heterocycles. The first-order valence-electron chi connectivity index (χ1n) is 4.41. The van der Waals surface area contributed by atoms with Gasteiger partial charge in [0.1, 0.15) is 0 Å². The Bertz CT molecular complexity index is 245. The molecule has 0 atom stereocenters. The van der Waals surface area contributed by atoms with Gasteiger partial charge in [0.05, 0.1) is 5.69 Å². The van der Waals surface area contributed by atoms with Gasteiger partial charge in [0, 0.05) is 20.1 Å². The third-order valence-corrected chi connectivity index (χ3v) is 2.32. The summed E-state index contributed by atoms with van der Waals surface area (Å²) in [6.45, 7) is 2.33. The number of benzene rings is 1. The predicted molar refractivity (Wildman–Crippen MR) is 51.0 cm³/mol. The summed E-state index contributed by atoms with van der Waals surface area (Å²) >= 11 is 0. The van der Waals surface area contributed by atoms with Gasteiger partial charge in [-0.05, 0) is 18.6 Å². The first-order chi connectivity index (χ1) is 5.88. The van der Waals surface area contributed by atoms with Gasteiger partial charge in [-0.1, -0.05) is 18.2 Å². The van der Waals surface area contributed by atoms with Gasteiger partial charge in [-0.15, -0.1) is 0 Å². The van der Waals surface area contributed by atoms with Crippen LogP contribution in [-0.2, 0) is 0 Å². The van der Waals surface area contributed by atoms with E-state index in [1.54, 1.807) is 0 Å². The molecule has 0 amide bonds. The van der Waals surface area contributed by atoms with Crippen LogP contribution in [0.4, 0.5) is 5.69 Å². The quantitative estimate of drug-likeness (QED) is 0.620. The van der Waals surface area contributed by atoms with Crippen LogP contribution in [0.3, 0.4) is 0 Å². The van der Waals surface area contributed by atoms with Crippen molar-refractivity contribution in [3.05, 3.63) is 30.3 Å². The van der Waals surface area contributed by atoms with Crippen molar-refractivity contribution in [2.75, 3.05) is 25.1 Å². The molecule has 0 spiro atoms. The fraction of sp³-hybridized carbons (Fsp3) is 0.400. The topological polar surface area (TPSA) is 6.48 Å². The molecule has 1 aliphatic heterocycles. The van der Waals surface area contributed by atoms with Gasteiger partial charge in [-0.25, -0.2) is 5.01 Å². The number of para-hydroxylation sites is 1. The van der Waals surface area contributed by atoms with Gasteiger partial charge in [0.15, 0.2) is 0 Å². The van der Waals surface area contributed by atoms with Gasteiger partial charge < -0.3 is 5.01 Å². The molecular formula is C10H14N2. The molecule has 2 nitrogen and oxygen atoms in total. The zero-order valence-electron chi connectivity index (χ0n) is 7.40. The van der Waals surface area contributed by atoms with Crippen LogP contribution in [0.5, 0.6) is 0 Å². The molecule has 64 valence electrons. The van der Waals surface area contributed by atoms with Crippen molar-refractivity contribution in [2.24, 2.45) is 0 Å². The van der Waals surface area contributed by atoms with E-state index in [1.807, 2.05) is 0 Å². The third kappa shape index (κ3) is 1.30. The predicted octanol–water partition coefficient (Wildman–Crippen LogP) is 1.74. The first kappa shape index (κ1) is 7.62. The molecule has 2 rings (SSSR count). The SMILES string of the molecule is CN1CCCN1c1ccccc1. The van der Waals surface area contributed by atoms with Crippen LogP contribution in [0.15, 0.2) is 30.3 Å². The summed E-state index contributed by atoms with van der Waals surface area (Å²) in [6, 6.07) is 10.5. The second kappa shape index (κ2) is 3.15. The van der Waals surface area contributed by atoms with Crippen molar-refractivity contribution in [3.63, 3.8) is 0 Å². The molecule has 0 unspecified atom stereocenters. The number of anilines is 1. The van der Waals surface area contributed by atoms with E-state index in [1.165, 1.54) is 18.7 Å². The van der Waals surface area contributed by atoms with Gasteiger partial charge in [0.25, 0.3) is 0 Å². The van der Waals surface area contributed by atoms with Crippen LogP contribution in [-0.4, -0.2) is 25.1 Å². The van der Waals surface area contributed by atoms with E-state index in [0.717, 1.165) is 6.54 Å². The van der Waals surface area contributed by atoms with E-state index in [-0.39, 0.29) is 0 Å². The number of rotatable bonds is 1. The molecule has 1 aromatic carbocycles. The lowest BCUT2D eigenvalue weighted by molar-refractivity contribution is 0.383. The molecule has 2 heteroatoms. The lowest BCUT2D eigenvalue weighted by Gasteiger charge is -2.25. The van der Waals surface area contributed by atoms with Crippen LogP contribution in [0.25, 0.3) is 0 Å². The molecular weight excluding hydrogens is 148 g/mol. The maximum Gasteiger partial charge on any atom is 0.0522 e. The minimum Gasteiger partial charge on any atom is -0.306 e. The van der Waals surface area contributed by atoms with Crippen LogP contribution >= 0.6 is 0 Å². The Labute approximate surface area is 73.4 Å². The average Bonchev–Trinajstić information content (AvgIpc) is 2.53. The third-order valence-electron chi connectivity index (χ3n) is 2.32. The Kier molecular flexibility index (Phi) is 2.00. The lowest BCUT2D eigenvalue weighted by atomic mass is 10.3. The van der Waals surface area contributed by atoms with E-state index in [2.05, 4.69) is 47.4 Å². The second-order valence-electron chi connectivity index (χ2n) is 3.19. The molecule has 1 fully saturated rings. The Morgan fingerprint density at radius 3 is 2.42 bits per heavy atom. The standard InChI is InChI=1S/C10H14N2/c1-11-8-5-9-12(11)10-6-3-2-4-7-10/h2-4,6-7H,5,8-9H2,1H3. The number of hydrazine groups is 1. The highest BCUT2D eigenvalue weighted by atomic mass is 15.6. The lowest BCUT2D eigenvalue weighted by Crippen LogP contribution is -2.32. The Morgan fingerprint density at radius 1 is 1.08 bits per heavy atom. The van der Waals surface area contributed by atoms with E-state index in [0.29, 0.717) is 0 Å². The van der Waals surface area contributed by atoms with Crippen molar-refractivity contribution in [1.82, 2.24) is 5.01 Å². The molecule has 0 bridgehead atoms. The summed E-state index contributed by atoms with van der Waals surface area (Å²) < 4.78 is 0. The fourth-order valence-corrected chi connectivity index (χ4v) is 1.67. The van der Waals surface area contributed by atoms with Crippen LogP contribution in [0, 0.1) is 0 Å². The first-order valence-corrected chi connectivity index (χ1v) is 4.41. The molecule has 1 aliphatic rings. The van der Waals surface area contributed by atoms with Gasteiger partial charge in [0.2, 0.25) is 0 Å². The van der Waals surface area contributed by atoms with Gasteiger partial charge >= 0.3 is 0 Å². The second-order valence-corrected chi connectivity index (χ2v) is 3.19. The summed E-state index contributed by atoms with van der Waals surface area (Å²) in [5.74, 6) is 0. The Hall–Kier alpha value is -1.02. The molecule has 12 heavy (non-hydrogen) atoms. The average molecular weight is 162 g/mol. The summed E-state index contributed by atoms with van der Waals surface area (Å²) in [7, 11) is 2.14. The minimum atomic E-state index is 1.15. The number of hydrogen-bond donors (Lipinski definition) is 0. The summed E-state index contributed by atoms with van der Waals surface area (Å²) in [5, 5.41) is 4.59. The summed E-state index contributed by atoms with van der Waals surface area (Å²) in [6.07, 6.45) is 1.27. The number of hydrogen-bond acceptors (Lipinski definition) is 2. The zero-order valence-corrected chi connectivity index (χ0v) is 7.40. The fourth-order valence-electron chi connectivity index (χ4n) is 1.67. The molecule has 0 radical (unpaired) electrons. The highest BCUT2D eigenvalue weighted by molar-refractivity contribution is 5.45. The molecule has 1 saturated heterocycles. The van der Waals surface area contributed by atoms with Crippen LogP contribution < -0.4 is 5.01 Å². The van der Waals surface area contributed by atoms with Crippen molar-refractivity contribution in [1.29, 1.82) is 0 Å². The van der Waals surface area contributed by atoms with Gasteiger partial charge in [-0.2, -0.15) is 0 Å².